The van der Waals surface area contributed by atoms with Crippen LogP contribution in [0, 0.1) is 0 Å². The lowest BCUT2D eigenvalue weighted by Gasteiger charge is -2.09. The van der Waals surface area contributed by atoms with Crippen LogP contribution in [-0.2, 0) is 12.7 Å². The second-order valence-corrected chi connectivity index (χ2v) is 5.13. The molecule has 0 bridgehead atoms. The fourth-order valence-electron chi connectivity index (χ4n) is 1.55. The average molecular weight is 368 g/mol. The first-order valence-electron chi connectivity index (χ1n) is 5.35. The summed E-state index contributed by atoms with van der Waals surface area (Å²) in [6, 6.07) is 4.58. The maximum Gasteiger partial charge on any atom is 0.416 e. The van der Waals surface area contributed by atoms with Gasteiger partial charge in [0, 0.05) is 0 Å². The summed E-state index contributed by atoms with van der Waals surface area (Å²) in [5, 5.41) is 0.0404. The minimum atomic E-state index is -4.37. The molecule has 0 aliphatic carbocycles. The molecule has 0 N–H and O–H groups in total. The largest absolute Gasteiger partial charge is 0.416 e. The summed E-state index contributed by atoms with van der Waals surface area (Å²) in [6.07, 6.45) is -3.13. The number of aromatic nitrogens is 2. The Labute approximate surface area is 125 Å². The molecule has 8 heteroatoms. The van der Waals surface area contributed by atoms with Crippen LogP contribution in [-0.4, -0.2) is 9.55 Å². The van der Waals surface area contributed by atoms with Gasteiger partial charge in [-0.1, -0.05) is 23.7 Å². The van der Waals surface area contributed by atoms with Gasteiger partial charge in [-0.15, -0.1) is 0 Å². The van der Waals surface area contributed by atoms with Gasteiger partial charge in [0.25, 0.3) is 5.56 Å². The fraction of sp³-hybridized carbons (Fsp3) is 0.167. The van der Waals surface area contributed by atoms with Gasteiger partial charge in [-0.05, 0) is 33.6 Å². The normalized spacial score (nSPS) is 11.7. The molecule has 0 aliphatic rings. The first kappa shape index (κ1) is 15.1. The minimum Gasteiger partial charge on any atom is -0.294 e. The summed E-state index contributed by atoms with van der Waals surface area (Å²) in [4.78, 5) is 15.6. The number of halogens is 5. The Morgan fingerprint density at radius 2 is 1.85 bits per heavy atom. The molecule has 0 atom stereocenters. The Balaban J connectivity index is 2.28. The summed E-state index contributed by atoms with van der Waals surface area (Å²) >= 11 is 8.67. The maximum absolute atomic E-state index is 12.4. The van der Waals surface area contributed by atoms with E-state index in [4.69, 9.17) is 11.6 Å². The molecule has 0 amide bonds. The van der Waals surface area contributed by atoms with Gasteiger partial charge in [0.2, 0.25) is 0 Å². The number of alkyl halides is 3. The number of hydrogen-bond acceptors (Lipinski definition) is 2. The van der Waals surface area contributed by atoms with Gasteiger partial charge in [-0.25, -0.2) is 4.98 Å². The number of benzene rings is 1. The van der Waals surface area contributed by atoms with E-state index in [1.54, 1.807) is 0 Å². The zero-order chi connectivity index (χ0) is 14.9. The first-order valence-corrected chi connectivity index (χ1v) is 6.52. The Morgan fingerprint density at radius 1 is 1.25 bits per heavy atom. The van der Waals surface area contributed by atoms with E-state index < -0.39 is 17.3 Å². The van der Waals surface area contributed by atoms with E-state index >= 15 is 0 Å². The van der Waals surface area contributed by atoms with Crippen molar-refractivity contribution in [2.24, 2.45) is 0 Å². The van der Waals surface area contributed by atoms with Crippen molar-refractivity contribution >= 4 is 27.5 Å². The van der Waals surface area contributed by atoms with Crippen LogP contribution < -0.4 is 5.56 Å². The van der Waals surface area contributed by atoms with E-state index in [2.05, 4.69) is 20.9 Å². The topological polar surface area (TPSA) is 34.9 Å². The van der Waals surface area contributed by atoms with Crippen molar-refractivity contribution in [1.82, 2.24) is 9.55 Å². The Morgan fingerprint density at radius 3 is 2.40 bits per heavy atom. The van der Waals surface area contributed by atoms with Crippen LogP contribution in [0.15, 0.2) is 39.9 Å². The second kappa shape index (κ2) is 5.57. The summed E-state index contributed by atoms with van der Waals surface area (Å²) in [7, 11) is 0. The maximum atomic E-state index is 12.4. The quantitative estimate of drug-likeness (QED) is 0.758. The van der Waals surface area contributed by atoms with Crippen LogP contribution in [0.1, 0.15) is 11.1 Å². The van der Waals surface area contributed by atoms with Gasteiger partial charge in [-0.2, -0.15) is 13.2 Å². The third-order valence-corrected chi connectivity index (χ3v) is 3.80. The van der Waals surface area contributed by atoms with E-state index in [0.717, 1.165) is 12.1 Å². The van der Waals surface area contributed by atoms with Crippen molar-refractivity contribution in [3.63, 3.8) is 0 Å². The molecule has 0 aliphatic heterocycles. The Bertz CT molecular complexity index is 683. The van der Waals surface area contributed by atoms with Crippen molar-refractivity contribution < 1.29 is 13.2 Å². The molecular weight excluding hydrogens is 360 g/mol. The van der Waals surface area contributed by atoms with Gasteiger partial charge in [0.05, 0.1) is 18.4 Å². The number of nitrogens with zero attached hydrogens (tertiary/aromatic N) is 2. The zero-order valence-electron chi connectivity index (χ0n) is 9.79. The standard InChI is InChI=1S/C12H7BrClF3N2O/c13-9-10(14)18-6-19(11(9)20)5-7-1-3-8(4-2-7)12(15,16)17/h1-4,6H,5H2. The molecule has 2 rings (SSSR count). The molecule has 0 radical (unpaired) electrons. The van der Waals surface area contributed by atoms with E-state index in [-0.39, 0.29) is 16.2 Å². The highest BCUT2D eigenvalue weighted by molar-refractivity contribution is 9.10. The molecule has 0 saturated carbocycles. The van der Waals surface area contributed by atoms with Crippen molar-refractivity contribution in [3.8, 4) is 0 Å². The lowest BCUT2D eigenvalue weighted by atomic mass is 10.1. The van der Waals surface area contributed by atoms with Gasteiger partial charge in [0.15, 0.2) is 5.15 Å². The highest BCUT2D eigenvalue weighted by atomic mass is 79.9. The van der Waals surface area contributed by atoms with Crippen molar-refractivity contribution in [2.75, 3.05) is 0 Å². The van der Waals surface area contributed by atoms with Crippen molar-refractivity contribution in [2.45, 2.75) is 12.7 Å². The smallest absolute Gasteiger partial charge is 0.294 e. The molecule has 1 aromatic heterocycles. The monoisotopic (exact) mass is 366 g/mol. The lowest BCUT2D eigenvalue weighted by Crippen LogP contribution is -2.22. The highest BCUT2D eigenvalue weighted by Crippen LogP contribution is 2.29. The van der Waals surface area contributed by atoms with Crippen LogP contribution >= 0.6 is 27.5 Å². The van der Waals surface area contributed by atoms with Gasteiger partial charge in [-0.3, -0.25) is 9.36 Å². The van der Waals surface area contributed by atoms with Crippen LogP contribution in [0.5, 0.6) is 0 Å². The third-order valence-electron chi connectivity index (χ3n) is 2.57. The molecule has 0 spiro atoms. The Kier molecular flexibility index (Phi) is 4.19. The molecule has 1 aromatic carbocycles. The minimum absolute atomic E-state index is 0.0404. The summed E-state index contributed by atoms with van der Waals surface area (Å²) in [5.74, 6) is 0. The van der Waals surface area contributed by atoms with Gasteiger partial charge >= 0.3 is 6.18 Å². The average Bonchev–Trinajstić information content (AvgIpc) is 2.39. The molecule has 1 heterocycles. The highest BCUT2D eigenvalue weighted by Gasteiger charge is 2.29. The lowest BCUT2D eigenvalue weighted by molar-refractivity contribution is -0.137. The van der Waals surface area contributed by atoms with E-state index in [1.165, 1.54) is 23.0 Å². The molecule has 106 valence electrons. The molecule has 2 aromatic rings. The number of hydrogen-bond donors (Lipinski definition) is 0. The first-order chi connectivity index (χ1) is 9.29. The summed E-state index contributed by atoms with van der Waals surface area (Å²) in [6.45, 7) is 0.111. The molecule has 3 nitrogen and oxygen atoms in total. The fourth-order valence-corrected chi connectivity index (χ4v) is 2.01. The molecule has 0 fully saturated rings. The van der Waals surface area contributed by atoms with Gasteiger partial charge in [0.1, 0.15) is 4.47 Å². The van der Waals surface area contributed by atoms with E-state index in [0.29, 0.717) is 5.56 Å². The second-order valence-electron chi connectivity index (χ2n) is 3.98. The van der Waals surface area contributed by atoms with E-state index in [9.17, 15) is 18.0 Å². The zero-order valence-corrected chi connectivity index (χ0v) is 12.1. The van der Waals surface area contributed by atoms with Crippen LogP contribution in [0.25, 0.3) is 0 Å². The number of rotatable bonds is 2. The molecule has 0 saturated heterocycles. The van der Waals surface area contributed by atoms with Gasteiger partial charge < -0.3 is 0 Å². The van der Waals surface area contributed by atoms with Crippen LogP contribution in [0.2, 0.25) is 5.15 Å². The third kappa shape index (κ3) is 3.21. The summed E-state index contributed by atoms with van der Waals surface area (Å²) in [5.41, 5.74) is -0.579. The van der Waals surface area contributed by atoms with Crippen LogP contribution in [0.3, 0.4) is 0 Å². The Hall–Kier alpha value is -1.34. The summed E-state index contributed by atoms with van der Waals surface area (Å²) < 4.78 is 38.6. The molecule has 20 heavy (non-hydrogen) atoms. The van der Waals surface area contributed by atoms with Crippen molar-refractivity contribution in [1.29, 1.82) is 0 Å². The predicted octanol–water partition coefficient (Wildman–Crippen LogP) is 3.73. The van der Waals surface area contributed by atoms with E-state index in [1.807, 2.05) is 0 Å². The predicted molar refractivity (Wildman–Crippen MR) is 71.8 cm³/mol. The van der Waals surface area contributed by atoms with Crippen LogP contribution in [0.4, 0.5) is 13.2 Å². The molecule has 0 unspecified atom stereocenters. The molecular formula is C12H7BrClF3N2O. The SMILES string of the molecule is O=c1c(Br)c(Cl)ncn1Cc1ccc(C(F)(F)F)cc1. The van der Waals surface area contributed by atoms with Crippen molar-refractivity contribution in [3.05, 3.63) is 61.7 Å².